The molecular weight excluding hydrogens is 342 g/mol. The Bertz CT molecular complexity index is 836. The van der Waals surface area contributed by atoms with Crippen LogP contribution in [0, 0.1) is 0 Å². The number of amides is 1. The number of benzene rings is 1. The number of hydrogen-bond donors (Lipinski definition) is 1. The van der Waals surface area contributed by atoms with E-state index in [2.05, 4.69) is 0 Å². The zero-order valence-corrected chi connectivity index (χ0v) is 15.9. The van der Waals surface area contributed by atoms with Gasteiger partial charge in [-0.1, -0.05) is 12.1 Å². The first-order chi connectivity index (χ1) is 13.0. The van der Waals surface area contributed by atoms with Crippen LogP contribution >= 0.6 is 0 Å². The summed E-state index contributed by atoms with van der Waals surface area (Å²) in [5.74, 6) is 1.10. The molecule has 0 radical (unpaired) electrons. The van der Waals surface area contributed by atoms with Gasteiger partial charge in [-0.05, 0) is 54.5 Å². The van der Waals surface area contributed by atoms with Crippen LogP contribution in [0.15, 0.2) is 47.4 Å². The molecule has 0 spiro atoms. The van der Waals surface area contributed by atoms with Gasteiger partial charge >= 0.3 is 0 Å². The summed E-state index contributed by atoms with van der Waals surface area (Å²) >= 11 is 0. The monoisotopic (exact) mass is 369 g/mol. The Labute approximate surface area is 159 Å². The lowest BCUT2D eigenvalue weighted by Crippen LogP contribution is -2.47. The van der Waals surface area contributed by atoms with Crippen LogP contribution in [-0.2, 0) is 18.3 Å². The first kappa shape index (κ1) is 19.2. The van der Waals surface area contributed by atoms with E-state index in [1.165, 1.54) is 0 Å². The van der Waals surface area contributed by atoms with Gasteiger partial charge in [-0.3, -0.25) is 9.59 Å². The summed E-state index contributed by atoms with van der Waals surface area (Å²) in [5, 5.41) is 0. The van der Waals surface area contributed by atoms with Gasteiger partial charge in [0.25, 0.3) is 5.56 Å². The Kier molecular flexibility index (Phi) is 5.96. The normalized spacial score (nSPS) is 16.2. The lowest BCUT2D eigenvalue weighted by Gasteiger charge is -2.33. The van der Waals surface area contributed by atoms with Crippen molar-refractivity contribution in [3.05, 3.63) is 64.1 Å². The summed E-state index contributed by atoms with van der Waals surface area (Å²) in [6, 6.07) is 10.8. The summed E-state index contributed by atoms with van der Waals surface area (Å²) < 4.78 is 6.72. The highest BCUT2D eigenvalue weighted by atomic mass is 16.5. The molecular formula is C21H27N3O3. The van der Waals surface area contributed by atoms with Crippen molar-refractivity contribution in [3.63, 3.8) is 0 Å². The molecule has 1 atom stereocenters. The molecule has 2 aromatic rings. The summed E-state index contributed by atoms with van der Waals surface area (Å²) in [5.41, 5.74) is 8.26. The third-order valence-corrected chi connectivity index (χ3v) is 5.34. The summed E-state index contributed by atoms with van der Waals surface area (Å²) in [7, 11) is 3.37. The maximum Gasteiger partial charge on any atom is 0.250 e. The molecule has 27 heavy (non-hydrogen) atoms. The molecule has 2 heterocycles. The second-order valence-electron chi connectivity index (χ2n) is 7.17. The average molecular weight is 369 g/mol. The Morgan fingerprint density at radius 2 is 1.89 bits per heavy atom. The van der Waals surface area contributed by atoms with Crippen molar-refractivity contribution in [2.75, 3.05) is 20.2 Å². The largest absolute Gasteiger partial charge is 0.497 e. The molecule has 0 aliphatic carbocycles. The predicted molar refractivity (Wildman–Crippen MR) is 105 cm³/mol. The van der Waals surface area contributed by atoms with Gasteiger partial charge in [0, 0.05) is 32.4 Å². The van der Waals surface area contributed by atoms with Crippen LogP contribution in [0.3, 0.4) is 0 Å². The quantitative estimate of drug-likeness (QED) is 0.870. The van der Waals surface area contributed by atoms with Crippen LogP contribution in [-0.4, -0.2) is 41.6 Å². The molecule has 1 amide bonds. The Morgan fingerprint density at radius 1 is 1.22 bits per heavy atom. The SMILES string of the molecule is COc1ccc(C[C@H](N)C(=O)N2CCC(c3ccn(C)c(=O)c3)CC2)cc1. The number of nitrogens with zero attached hydrogens (tertiary/aromatic N) is 2. The number of carbonyl (C=O) groups is 1. The van der Waals surface area contributed by atoms with Crippen LogP contribution in [0.5, 0.6) is 5.75 Å². The van der Waals surface area contributed by atoms with Gasteiger partial charge in [-0.2, -0.15) is 0 Å². The van der Waals surface area contributed by atoms with Crippen LogP contribution in [0.25, 0.3) is 0 Å². The smallest absolute Gasteiger partial charge is 0.250 e. The fourth-order valence-electron chi connectivity index (χ4n) is 3.59. The fraction of sp³-hybridized carbons (Fsp3) is 0.429. The van der Waals surface area contributed by atoms with Gasteiger partial charge in [0.2, 0.25) is 5.91 Å². The highest BCUT2D eigenvalue weighted by Crippen LogP contribution is 2.27. The third kappa shape index (κ3) is 4.57. The van der Waals surface area contributed by atoms with Crippen molar-refractivity contribution >= 4 is 5.91 Å². The number of ether oxygens (including phenoxy) is 1. The number of hydrogen-bond acceptors (Lipinski definition) is 4. The minimum Gasteiger partial charge on any atom is -0.497 e. The second kappa shape index (κ2) is 8.39. The topological polar surface area (TPSA) is 77.6 Å². The highest BCUT2D eigenvalue weighted by Gasteiger charge is 2.27. The summed E-state index contributed by atoms with van der Waals surface area (Å²) in [6.45, 7) is 1.35. The molecule has 2 N–H and O–H groups in total. The molecule has 1 aromatic carbocycles. The number of rotatable bonds is 5. The molecule has 6 heteroatoms. The number of aromatic nitrogens is 1. The van der Waals surface area contributed by atoms with Gasteiger partial charge in [-0.15, -0.1) is 0 Å². The molecule has 0 bridgehead atoms. The third-order valence-electron chi connectivity index (χ3n) is 5.34. The molecule has 0 unspecified atom stereocenters. The van der Waals surface area contributed by atoms with E-state index in [4.69, 9.17) is 10.5 Å². The van der Waals surface area contributed by atoms with Crippen molar-refractivity contribution in [2.24, 2.45) is 12.8 Å². The van der Waals surface area contributed by atoms with Crippen molar-refractivity contribution in [3.8, 4) is 5.75 Å². The summed E-state index contributed by atoms with van der Waals surface area (Å²) in [6.07, 6.45) is 4.03. The van der Waals surface area contributed by atoms with Crippen LogP contribution in [0.1, 0.15) is 29.9 Å². The molecule has 0 saturated carbocycles. The Balaban J connectivity index is 1.55. The van der Waals surface area contributed by atoms with Crippen LogP contribution in [0.2, 0.25) is 0 Å². The number of nitrogens with two attached hydrogens (primary N) is 1. The van der Waals surface area contributed by atoms with Crippen molar-refractivity contribution in [1.29, 1.82) is 0 Å². The molecule has 1 aromatic heterocycles. The molecule has 1 aliphatic rings. The molecule has 6 nitrogen and oxygen atoms in total. The first-order valence-corrected chi connectivity index (χ1v) is 9.32. The van der Waals surface area contributed by atoms with Gasteiger partial charge in [0.15, 0.2) is 0 Å². The minimum atomic E-state index is -0.543. The van der Waals surface area contributed by atoms with E-state index >= 15 is 0 Å². The summed E-state index contributed by atoms with van der Waals surface area (Å²) in [4.78, 5) is 26.4. The number of likely N-dealkylation sites (tertiary alicyclic amines) is 1. The maximum absolute atomic E-state index is 12.7. The van der Waals surface area contributed by atoms with E-state index in [0.29, 0.717) is 25.4 Å². The highest BCUT2D eigenvalue weighted by molar-refractivity contribution is 5.82. The van der Waals surface area contributed by atoms with Crippen LogP contribution in [0.4, 0.5) is 0 Å². The predicted octanol–water partition coefficient (Wildman–Crippen LogP) is 1.67. The zero-order valence-electron chi connectivity index (χ0n) is 15.9. The van der Waals surface area contributed by atoms with E-state index < -0.39 is 6.04 Å². The molecule has 1 fully saturated rings. The van der Waals surface area contributed by atoms with Gasteiger partial charge < -0.3 is 19.9 Å². The van der Waals surface area contributed by atoms with Crippen molar-refractivity contribution < 1.29 is 9.53 Å². The number of aryl methyl sites for hydroxylation is 1. The van der Waals surface area contributed by atoms with E-state index in [1.54, 1.807) is 31.0 Å². The molecule has 1 saturated heterocycles. The standard InChI is InChI=1S/C21H27N3O3/c1-23-10-7-17(14-20(23)25)16-8-11-24(12-9-16)21(26)19(22)13-15-3-5-18(27-2)6-4-15/h3-7,10,14,16,19H,8-9,11-13,22H2,1-2H3/t19-/m0/s1. The zero-order chi connectivity index (χ0) is 19.4. The second-order valence-corrected chi connectivity index (χ2v) is 7.17. The van der Waals surface area contributed by atoms with Crippen molar-refractivity contribution in [1.82, 2.24) is 9.47 Å². The number of carbonyl (C=O) groups excluding carboxylic acids is 1. The Hall–Kier alpha value is -2.60. The van der Waals surface area contributed by atoms with E-state index in [9.17, 15) is 9.59 Å². The van der Waals surface area contributed by atoms with Crippen molar-refractivity contribution in [2.45, 2.75) is 31.2 Å². The first-order valence-electron chi connectivity index (χ1n) is 9.32. The Morgan fingerprint density at radius 3 is 2.48 bits per heavy atom. The van der Waals surface area contributed by atoms with E-state index in [1.807, 2.05) is 35.2 Å². The average Bonchev–Trinajstić information content (AvgIpc) is 2.70. The molecule has 144 valence electrons. The van der Waals surface area contributed by atoms with Gasteiger partial charge in [-0.25, -0.2) is 0 Å². The van der Waals surface area contributed by atoms with E-state index in [0.717, 1.165) is 29.7 Å². The number of pyridine rings is 1. The molecule has 3 rings (SSSR count). The van der Waals surface area contributed by atoms with Crippen LogP contribution < -0.4 is 16.0 Å². The lowest BCUT2D eigenvalue weighted by molar-refractivity contribution is -0.133. The van der Waals surface area contributed by atoms with Gasteiger partial charge in [0.05, 0.1) is 13.2 Å². The van der Waals surface area contributed by atoms with Gasteiger partial charge in [0.1, 0.15) is 5.75 Å². The lowest BCUT2D eigenvalue weighted by atomic mass is 9.89. The number of piperidine rings is 1. The minimum absolute atomic E-state index is 0.00626. The fourth-order valence-corrected chi connectivity index (χ4v) is 3.59. The van der Waals surface area contributed by atoms with E-state index in [-0.39, 0.29) is 11.5 Å². The number of methoxy groups -OCH3 is 1. The molecule has 1 aliphatic heterocycles. The maximum atomic E-state index is 12.7.